The van der Waals surface area contributed by atoms with E-state index in [1.165, 1.54) is 23.7 Å². The van der Waals surface area contributed by atoms with Crippen molar-refractivity contribution in [3.05, 3.63) is 65.2 Å². The van der Waals surface area contributed by atoms with Crippen LogP contribution in [0.1, 0.15) is 5.56 Å². The van der Waals surface area contributed by atoms with E-state index in [1.807, 2.05) is 59.2 Å². The van der Waals surface area contributed by atoms with E-state index in [0.717, 1.165) is 15.4 Å². The van der Waals surface area contributed by atoms with Crippen molar-refractivity contribution in [2.45, 2.75) is 17.5 Å². The first-order valence-electron chi connectivity index (χ1n) is 8.71. The van der Waals surface area contributed by atoms with Gasteiger partial charge in [-0.25, -0.2) is 9.37 Å². The van der Waals surface area contributed by atoms with Crippen LogP contribution in [0.5, 0.6) is 0 Å². The van der Waals surface area contributed by atoms with Crippen molar-refractivity contribution in [3.8, 4) is 0 Å². The van der Waals surface area contributed by atoms with Crippen molar-refractivity contribution in [2.75, 3.05) is 14.1 Å². The van der Waals surface area contributed by atoms with Crippen molar-refractivity contribution in [1.29, 1.82) is 0 Å². The number of nitrogens with zero attached hydrogens (tertiary/aromatic N) is 4. The number of hydrogen-bond donors (Lipinski definition) is 0. The third-order valence-corrected chi connectivity index (χ3v) is 6.13. The van der Waals surface area contributed by atoms with E-state index in [4.69, 9.17) is 11.6 Å². The van der Waals surface area contributed by atoms with Gasteiger partial charge in [0, 0.05) is 41.3 Å². The van der Waals surface area contributed by atoms with Gasteiger partial charge in [0.05, 0.1) is 0 Å². The second kappa shape index (κ2) is 7.41. The number of rotatable bonds is 3. The lowest BCUT2D eigenvalue weighted by molar-refractivity contribution is -0.548. The number of benzene rings is 2. The molecule has 1 unspecified atom stereocenters. The van der Waals surface area contributed by atoms with E-state index in [0.29, 0.717) is 22.6 Å². The molecule has 0 spiro atoms. The van der Waals surface area contributed by atoms with Crippen LogP contribution in [0.4, 0.5) is 4.79 Å². The fourth-order valence-electron chi connectivity index (χ4n) is 3.22. The Kier molecular flexibility index (Phi) is 4.95. The molecule has 0 radical (unpaired) electrons. The Hall–Kier alpha value is -2.64. The maximum absolute atomic E-state index is 12.9. The summed E-state index contributed by atoms with van der Waals surface area (Å²) in [6.07, 6.45) is 0. The minimum absolute atomic E-state index is 0.294. The first-order valence-corrected chi connectivity index (χ1v) is 9.90. The van der Waals surface area contributed by atoms with Crippen LogP contribution in [0.15, 0.2) is 64.5 Å². The average molecular weight is 414 g/mol. The summed E-state index contributed by atoms with van der Waals surface area (Å²) in [5.41, 5.74) is 0.891. The van der Waals surface area contributed by atoms with Gasteiger partial charge >= 0.3 is 11.2 Å². The predicted molar refractivity (Wildman–Crippen MR) is 110 cm³/mol. The zero-order valence-electron chi connectivity index (χ0n) is 15.4. The van der Waals surface area contributed by atoms with Gasteiger partial charge in [-0.3, -0.25) is 14.6 Å². The molecule has 0 aromatic heterocycles. The standard InChI is InChI=1S/C20H18ClN4O2S/c1-23-17-16(18(26)24(2)20(23)27)25(12-13-8-6-7-11-15(13)21)19(22-17)28-14-9-4-3-5-10-14/h3-11,16H,12H2,1-2H3/q+1. The van der Waals surface area contributed by atoms with Crippen LogP contribution in [0.25, 0.3) is 0 Å². The van der Waals surface area contributed by atoms with Crippen LogP contribution in [-0.2, 0) is 11.3 Å². The summed E-state index contributed by atoms with van der Waals surface area (Å²) in [4.78, 5) is 33.5. The molecular weight excluding hydrogens is 396 g/mol. The van der Waals surface area contributed by atoms with E-state index in [2.05, 4.69) is 4.99 Å². The minimum Gasteiger partial charge on any atom is -0.269 e. The molecule has 0 N–H and O–H groups in total. The molecule has 0 aliphatic carbocycles. The van der Waals surface area contributed by atoms with Crippen molar-refractivity contribution in [3.63, 3.8) is 0 Å². The van der Waals surface area contributed by atoms with E-state index in [-0.39, 0.29) is 11.9 Å². The Balaban J connectivity index is 1.79. The van der Waals surface area contributed by atoms with Crippen LogP contribution >= 0.6 is 23.4 Å². The number of urea groups is 1. The maximum Gasteiger partial charge on any atom is 0.363 e. The highest BCUT2D eigenvalue weighted by atomic mass is 35.5. The highest BCUT2D eigenvalue weighted by molar-refractivity contribution is 8.13. The molecule has 4 rings (SSSR count). The van der Waals surface area contributed by atoms with Gasteiger partial charge in [-0.05, 0) is 23.2 Å². The number of imide groups is 1. The Morgan fingerprint density at radius 1 is 1.04 bits per heavy atom. The molecule has 2 aliphatic heterocycles. The summed E-state index contributed by atoms with van der Waals surface area (Å²) in [5.74, 6) is 0.149. The summed E-state index contributed by atoms with van der Waals surface area (Å²) in [6.45, 7) is 0.411. The molecule has 1 atom stereocenters. The van der Waals surface area contributed by atoms with Gasteiger partial charge in [0.15, 0.2) is 0 Å². The molecule has 1 fully saturated rings. The van der Waals surface area contributed by atoms with Crippen molar-refractivity contribution < 1.29 is 14.2 Å². The second-order valence-electron chi connectivity index (χ2n) is 6.53. The minimum atomic E-state index is -0.657. The second-order valence-corrected chi connectivity index (χ2v) is 7.98. The zero-order chi connectivity index (χ0) is 19.8. The van der Waals surface area contributed by atoms with Crippen molar-refractivity contribution >= 4 is 46.3 Å². The van der Waals surface area contributed by atoms with Crippen molar-refractivity contribution in [2.24, 2.45) is 4.99 Å². The number of hydrogen-bond acceptors (Lipinski definition) is 4. The first kappa shape index (κ1) is 18.7. The molecule has 6 nitrogen and oxygen atoms in total. The summed E-state index contributed by atoms with van der Waals surface area (Å²) in [5, 5.41) is 1.29. The monoisotopic (exact) mass is 413 g/mol. The summed E-state index contributed by atoms with van der Waals surface area (Å²) in [7, 11) is 3.13. The molecular formula is C20H18ClN4O2S+. The lowest BCUT2D eigenvalue weighted by Crippen LogP contribution is -2.61. The topological polar surface area (TPSA) is 56.0 Å². The predicted octanol–water partition coefficient (Wildman–Crippen LogP) is 3.31. The largest absolute Gasteiger partial charge is 0.363 e. The smallest absolute Gasteiger partial charge is 0.269 e. The van der Waals surface area contributed by atoms with Crippen molar-refractivity contribution in [1.82, 2.24) is 9.80 Å². The van der Waals surface area contributed by atoms with E-state index >= 15 is 0 Å². The third kappa shape index (κ3) is 3.21. The van der Waals surface area contributed by atoms with Crippen LogP contribution < -0.4 is 0 Å². The van der Waals surface area contributed by atoms with Crippen LogP contribution in [-0.4, -0.2) is 57.5 Å². The Morgan fingerprint density at radius 2 is 1.71 bits per heavy atom. The summed E-state index contributed by atoms with van der Waals surface area (Å²) in [6, 6.07) is 16.3. The molecule has 0 bridgehead atoms. The number of aliphatic imine (C=N–C) groups is 1. The fraction of sp³-hybridized carbons (Fsp3) is 0.200. The van der Waals surface area contributed by atoms with Gasteiger partial charge in [-0.2, -0.15) is 0 Å². The highest BCUT2D eigenvalue weighted by Gasteiger charge is 2.53. The number of carbonyl (C=O) groups excluding carboxylic acids is 2. The first-order chi connectivity index (χ1) is 13.5. The number of fused-ring (bicyclic) bond motifs is 1. The quantitative estimate of drug-likeness (QED) is 0.725. The number of likely N-dealkylation sites (N-methyl/N-ethyl adjacent to an activating group) is 2. The lowest BCUT2D eigenvalue weighted by Gasteiger charge is -2.30. The Morgan fingerprint density at radius 3 is 2.43 bits per heavy atom. The lowest BCUT2D eigenvalue weighted by atomic mass is 10.1. The van der Waals surface area contributed by atoms with Gasteiger partial charge in [0.1, 0.15) is 6.54 Å². The molecule has 1 saturated heterocycles. The van der Waals surface area contributed by atoms with Gasteiger partial charge < -0.3 is 0 Å². The number of halogens is 1. The molecule has 2 heterocycles. The molecule has 142 valence electrons. The highest BCUT2D eigenvalue weighted by Crippen LogP contribution is 2.29. The SMILES string of the molecule is CN1C(=O)C2C(=NC(Sc3ccccc3)=[N+]2Cc2ccccc2Cl)N(C)C1=O. The van der Waals surface area contributed by atoms with Gasteiger partial charge in [0.25, 0.3) is 17.8 Å². The molecule has 8 heteroatoms. The maximum atomic E-state index is 12.9. The van der Waals surface area contributed by atoms with Gasteiger partial charge in [0.2, 0.25) is 0 Å². The number of amides is 3. The Bertz CT molecular complexity index is 1020. The van der Waals surface area contributed by atoms with Crippen LogP contribution in [0.2, 0.25) is 5.02 Å². The molecule has 2 aliphatic rings. The summed E-state index contributed by atoms with van der Waals surface area (Å²) < 4.78 is 1.91. The van der Waals surface area contributed by atoms with Crippen LogP contribution in [0.3, 0.4) is 0 Å². The molecule has 3 amide bonds. The van der Waals surface area contributed by atoms with E-state index in [1.54, 1.807) is 7.05 Å². The number of amidine groups is 2. The fourth-order valence-corrected chi connectivity index (χ4v) is 4.35. The number of carbonyl (C=O) groups is 2. The third-order valence-electron chi connectivity index (χ3n) is 4.75. The van der Waals surface area contributed by atoms with Gasteiger partial charge in [-0.15, -0.1) is 0 Å². The average Bonchev–Trinajstić information content (AvgIpc) is 3.05. The molecule has 28 heavy (non-hydrogen) atoms. The van der Waals surface area contributed by atoms with Gasteiger partial charge in [-0.1, -0.05) is 48.0 Å². The Labute approximate surface area is 172 Å². The normalized spacial score (nSPS) is 19.2. The van der Waals surface area contributed by atoms with Crippen LogP contribution in [0, 0.1) is 0 Å². The summed E-state index contributed by atoms with van der Waals surface area (Å²) >= 11 is 7.82. The molecule has 0 saturated carbocycles. The number of thioether (sulfide) groups is 1. The molecule has 2 aromatic rings. The van der Waals surface area contributed by atoms with E-state index in [9.17, 15) is 9.59 Å². The zero-order valence-corrected chi connectivity index (χ0v) is 16.9. The molecule has 2 aromatic carbocycles. The van der Waals surface area contributed by atoms with E-state index < -0.39 is 6.04 Å².